The predicted octanol–water partition coefficient (Wildman–Crippen LogP) is 3.60. The second-order valence-electron chi connectivity index (χ2n) is 5.71. The Morgan fingerprint density at radius 1 is 1.42 bits per heavy atom. The Balaban J connectivity index is 2.27. The van der Waals surface area contributed by atoms with Gasteiger partial charge in [-0.15, -0.1) is 0 Å². The first-order chi connectivity index (χ1) is 8.90. The summed E-state index contributed by atoms with van der Waals surface area (Å²) in [6.07, 6.45) is 0.553. The van der Waals surface area contributed by atoms with Crippen LogP contribution in [-0.4, -0.2) is 24.3 Å². The number of amides is 1. The number of carbonyl (C=O) groups excluding carboxylic acids is 1. The van der Waals surface area contributed by atoms with Crippen LogP contribution >= 0.6 is 0 Å². The first-order valence-electron chi connectivity index (χ1n) is 6.67. The second kappa shape index (κ2) is 5.11. The normalized spacial score (nSPS) is 18.5. The number of hydrogen-bond acceptors (Lipinski definition) is 3. The average Bonchev–Trinajstić information content (AvgIpc) is 2.35. The van der Waals surface area contributed by atoms with Crippen molar-refractivity contribution in [3.8, 4) is 5.75 Å². The van der Waals surface area contributed by atoms with Gasteiger partial charge in [0.25, 0.3) is 0 Å². The molecule has 1 aromatic carbocycles. The Morgan fingerprint density at radius 3 is 2.74 bits per heavy atom. The molecule has 0 saturated heterocycles. The highest BCUT2D eigenvalue weighted by atomic mass is 16.6. The molecule has 1 aliphatic heterocycles. The summed E-state index contributed by atoms with van der Waals surface area (Å²) in [5.74, 6) is 0.742. The number of rotatable bonds is 1. The van der Waals surface area contributed by atoms with Gasteiger partial charge in [0.2, 0.25) is 0 Å². The number of para-hydroxylation sites is 2. The average molecular weight is 263 g/mol. The van der Waals surface area contributed by atoms with E-state index in [2.05, 4.69) is 0 Å². The molecule has 0 saturated carbocycles. The quantitative estimate of drug-likeness (QED) is 0.777. The Bertz CT molecular complexity index is 465. The van der Waals surface area contributed by atoms with Crippen LogP contribution in [0.5, 0.6) is 5.75 Å². The molecule has 2 rings (SSSR count). The minimum atomic E-state index is -0.494. The molecule has 1 aliphatic rings. The maximum absolute atomic E-state index is 12.3. The summed E-state index contributed by atoms with van der Waals surface area (Å²) in [5, 5.41) is 0. The lowest BCUT2D eigenvalue weighted by atomic mass is 10.1. The maximum atomic E-state index is 12.3. The predicted molar refractivity (Wildman–Crippen MR) is 74.7 cm³/mol. The fourth-order valence-corrected chi connectivity index (χ4v) is 2.00. The van der Waals surface area contributed by atoms with E-state index >= 15 is 0 Å². The van der Waals surface area contributed by atoms with E-state index in [0.29, 0.717) is 6.54 Å². The van der Waals surface area contributed by atoms with E-state index in [0.717, 1.165) is 17.9 Å². The number of carbonyl (C=O) groups is 1. The Morgan fingerprint density at radius 2 is 2.11 bits per heavy atom. The van der Waals surface area contributed by atoms with Crippen molar-refractivity contribution < 1.29 is 14.3 Å². The molecule has 0 aliphatic carbocycles. The maximum Gasteiger partial charge on any atom is 0.415 e. The monoisotopic (exact) mass is 263 g/mol. The molecule has 0 N–H and O–H groups in total. The highest BCUT2D eigenvalue weighted by molar-refractivity contribution is 5.90. The molecular weight excluding hydrogens is 242 g/mol. The van der Waals surface area contributed by atoms with Gasteiger partial charge in [0.15, 0.2) is 0 Å². The van der Waals surface area contributed by atoms with Crippen molar-refractivity contribution in [1.82, 2.24) is 0 Å². The van der Waals surface area contributed by atoms with E-state index in [1.807, 2.05) is 52.0 Å². The van der Waals surface area contributed by atoms with Gasteiger partial charge in [-0.2, -0.15) is 0 Å². The molecule has 1 aromatic rings. The molecule has 4 heteroatoms. The third-order valence-electron chi connectivity index (χ3n) is 2.91. The van der Waals surface area contributed by atoms with Gasteiger partial charge in [-0.05, 0) is 39.3 Å². The summed E-state index contributed by atoms with van der Waals surface area (Å²) in [6, 6.07) is 7.57. The van der Waals surface area contributed by atoms with Crippen LogP contribution in [0.15, 0.2) is 24.3 Å². The van der Waals surface area contributed by atoms with Crippen molar-refractivity contribution in [2.75, 3.05) is 11.4 Å². The van der Waals surface area contributed by atoms with Crippen molar-refractivity contribution in [2.45, 2.75) is 45.8 Å². The zero-order valence-electron chi connectivity index (χ0n) is 12.0. The zero-order chi connectivity index (χ0) is 14.0. The number of nitrogens with zero attached hydrogens (tertiary/aromatic N) is 1. The highest BCUT2D eigenvalue weighted by Crippen LogP contribution is 2.34. The molecule has 0 aromatic heterocycles. The summed E-state index contributed by atoms with van der Waals surface area (Å²) in [6.45, 7) is 8.19. The van der Waals surface area contributed by atoms with Gasteiger partial charge in [0, 0.05) is 0 Å². The van der Waals surface area contributed by atoms with Crippen LogP contribution in [0.1, 0.15) is 34.1 Å². The number of benzene rings is 1. The van der Waals surface area contributed by atoms with Crippen molar-refractivity contribution >= 4 is 11.8 Å². The van der Waals surface area contributed by atoms with E-state index in [1.54, 1.807) is 4.90 Å². The van der Waals surface area contributed by atoms with Gasteiger partial charge in [-0.1, -0.05) is 19.1 Å². The molecule has 19 heavy (non-hydrogen) atoms. The SMILES string of the molecule is CCC1CN(C(=O)OC(C)(C)C)c2ccccc2O1. The van der Waals surface area contributed by atoms with Gasteiger partial charge in [0.1, 0.15) is 17.5 Å². The molecule has 104 valence electrons. The van der Waals surface area contributed by atoms with E-state index < -0.39 is 5.60 Å². The first kappa shape index (κ1) is 13.7. The van der Waals surface area contributed by atoms with Crippen molar-refractivity contribution in [3.05, 3.63) is 24.3 Å². The fraction of sp³-hybridized carbons (Fsp3) is 0.533. The van der Waals surface area contributed by atoms with Crippen molar-refractivity contribution in [1.29, 1.82) is 0 Å². The number of hydrogen-bond donors (Lipinski definition) is 0. The first-order valence-corrected chi connectivity index (χ1v) is 6.67. The summed E-state index contributed by atoms with van der Waals surface area (Å²) < 4.78 is 11.3. The van der Waals surface area contributed by atoms with Gasteiger partial charge >= 0.3 is 6.09 Å². The number of ether oxygens (including phenoxy) is 2. The van der Waals surface area contributed by atoms with E-state index in [1.165, 1.54) is 0 Å². The molecule has 1 heterocycles. The smallest absolute Gasteiger partial charge is 0.415 e. The molecule has 0 fully saturated rings. The second-order valence-corrected chi connectivity index (χ2v) is 5.71. The lowest BCUT2D eigenvalue weighted by molar-refractivity contribution is 0.0546. The van der Waals surface area contributed by atoms with Gasteiger partial charge in [0.05, 0.1) is 12.2 Å². The summed E-state index contributed by atoms with van der Waals surface area (Å²) in [5.41, 5.74) is 0.285. The van der Waals surface area contributed by atoms with Crippen LogP contribution in [0.4, 0.5) is 10.5 Å². The minimum Gasteiger partial charge on any atom is -0.486 e. The Hall–Kier alpha value is -1.71. The van der Waals surface area contributed by atoms with Crippen LogP contribution in [0, 0.1) is 0 Å². The molecule has 1 atom stereocenters. The summed E-state index contributed by atoms with van der Waals surface area (Å²) in [7, 11) is 0. The summed E-state index contributed by atoms with van der Waals surface area (Å²) in [4.78, 5) is 14.0. The zero-order valence-corrected chi connectivity index (χ0v) is 12.0. The Labute approximate surface area is 114 Å². The third kappa shape index (κ3) is 3.19. The van der Waals surface area contributed by atoms with E-state index in [4.69, 9.17) is 9.47 Å². The standard InChI is InChI=1S/C15H21NO3/c1-5-11-10-16(14(17)19-15(2,3)4)12-8-6-7-9-13(12)18-11/h6-9,11H,5,10H2,1-4H3. The highest BCUT2D eigenvalue weighted by Gasteiger charge is 2.31. The molecule has 0 bridgehead atoms. The minimum absolute atomic E-state index is 0.0161. The van der Waals surface area contributed by atoms with Crippen LogP contribution in [0.3, 0.4) is 0 Å². The van der Waals surface area contributed by atoms with Crippen LogP contribution < -0.4 is 9.64 Å². The van der Waals surface area contributed by atoms with E-state index in [9.17, 15) is 4.79 Å². The van der Waals surface area contributed by atoms with Gasteiger partial charge in [-0.25, -0.2) is 4.79 Å². The van der Waals surface area contributed by atoms with Gasteiger partial charge in [-0.3, -0.25) is 4.90 Å². The fourth-order valence-electron chi connectivity index (χ4n) is 2.00. The van der Waals surface area contributed by atoms with Crippen molar-refractivity contribution in [3.63, 3.8) is 0 Å². The van der Waals surface area contributed by atoms with Crippen molar-refractivity contribution in [2.24, 2.45) is 0 Å². The van der Waals surface area contributed by atoms with Crippen LogP contribution in [0.25, 0.3) is 0 Å². The largest absolute Gasteiger partial charge is 0.486 e. The number of anilines is 1. The number of fused-ring (bicyclic) bond motifs is 1. The Kier molecular flexibility index (Phi) is 3.69. The molecule has 1 amide bonds. The van der Waals surface area contributed by atoms with Gasteiger partial charge < -0.3 is 9.47 Å². The van der Waals surface area contributed by atoms with E-state index in [-0.39, 0.29) is 12.2 Å². The van der Waals surface area contributed by atoms with Crippen LogP contribution in [0.2, 0.25) is 0 Å². The molecule has 0 radical (unpaired) electrons. The van der Waals surface area contributed by atoms with Crippen LogP contribution in [-0.2, 0) is 4.74 Å². The molecular formula is C15H21NO3. The lowest BCUT2D eigenvalue weighted by Gasteiger charge is -2.35. The lowest BCUT2D eigenvalue weighted by Crippen LogP contribution is -2.45. The molecule has 0 spiro atoms. The summed E-state index contributed by atoms with van der Waals surface area (Å²) >= 11 is 0. The third-order valence-corrected chi connectivity index (χ3v) is 2.91. The molecule has 1 unspecified atom stereocenters. The molecule has 4 nitrogen and oxygen atoms in total. The topological polar surface area (TPSA) is 38.8 Å².